The summed E-state index contributed by atoms with van der Waals surface area (Å²) >= 11 is 0. The number of hydrogen-bond acceptors (Lipinski definition) is 7. The summed E-state index contributed by atoms with van der Waals surface area (Å²) in [5.74, 6) is 5.34. The molecule has 0 saturated carbocycles. The van der Waals surface area contributed by atoms with Gasteiger partial charge in [0, 0.05) is 32.7 Å². The summed E-state index contributed by atoms with van der Waals surface area (Å²) in [4.78, 5) is 15.0. The van der Waals surface area contributed by atoms with Crippen LogP contribution in [-0.4, -0.2) is 54.3 Å². The van der Waals surface area contributed by atoms with Crippen LogP contribution in [0.1, 0.15) is 0 Å². The standard InChI is InChI=1S/C12H19N5O3/c13-14-10-2-1-3-11(12(10)17(19)20)16-6-4-15(5-7-16)8-9-18/h1-3,14,18H,4-9,13H2. The van der Waals surface area contributed by atoms with Gasteiger partial charge in [-0.25, -0.2) is 0 Å². The number of aliphatic hydroxyl groups excluding tert-OH is 1. The van der Waals surface area contributed by atoms with Crippen molar-refractivity contribution in [3.8, 4) is 0 Å². The second-order valence-corrected chi connectivity index (χ2v) is 4.63. The number of hydrogen-bond donors (Lipinski definition) is 3. The number of rotatable bonds is 5. The highest BCUT2D eigenvalue weighted by Crippen LogP contribution is 2.35. The topological polar surface area (TPSA) is 108 Å². The maximum atomic E-state index is 11.3. The van der Waals surface area contributed by atoms with E-state index in [9.17, 15) is 10.1 Å². The van der Waals surface area contributed by atoms with E-state index in [0.29, 0.717) is 31.0 Å². The van der Waals surface area contributed by atoms with Crippen molar-refractivity contribution >= 4 is 17.1 Å². The summed E-state index contributed by atoms with van der Waals surface area (Å²) in [5, 5.41) is 20.2. The third-order valence-electron chi connectivity index (χ3n) is 3.48. The van der Waals surface area contributed by atoms with Crippen LogP contribution in [0.2, 0.25) is 0 Å². The van der Waals surface area contributed by atoms with Gasteiger partial charge in [-0.3, -0.25) is 20.9 Å². The summed E-state index contributed by atoms with van der Waals surface area (Å²) in [6, 6.07) is 5.07. The van der Waals surface area contributed by atoms with Crippen LogP contribution >= 0.6 is 0 Å². The second kappa shape index (κ2) is 6.51. The minimum atomic E-state index is -0.412. The molecule has 1 aliphatic heterocycles. The van der Waals surface area contributed by atoms with Gasteiger partial charge in [0.15, 0.2) is 0 Å². The Balaban J connectivity index is 2.19. The number of para-hydroxylation sites is 1. The molecule has 1 aromatic rings. The molecule has 0 aliphatic carbocycles. The first-order chi connectivity index (χ1) is 9.67. The van der Waals surface area contributed by atoms with Crippen LogP contribution in [0.3, 0.4) is 0 Å². The van der Waals surface area contributed by atoms with E-state index in [1.54, 1.807) is 18.2 Å². The maximum Gasteiger partial charge on any atom is 0.316 e. The minimum Gasteiger partial charge on any atom is -0.395 e. The molecule has 4 N–H and O–H groups in total. The number of benzene rings is 1. The Bertz CT molecular complexity index is 474. The van der Waals surface area contributed by atoms with E-state index < -0.39 is 4.92 Å². The van der Waals surface area contributed by atoms with Crippen LogP contribution in [-0.2, 0) is 0 Å². The molecule has 110 valence electrons. The molecule has 1 fully saturated rings. The van der Waals surface area contributed by atoms with Crippen molar-refractivity contribution in [1.82, 2.24) is 4.90 Å². The van der Waals surface area contributed by atoms with Gasteiger partial charge in [-0.15, -0.1) is 0 Å². The van der Waals surface area contributed by atoms with Crippen molar-refractivity contribution in [3.63, 3.8) is 0 Å². The van der Waals surface area contributed by atoms with Crippen molar-refractivity contribution in [2.75, 3.05) is 49.7 Å². The number of nitrogens with zero attached hydrogens (tertiary/aromatic N) is 3. The fourth-order valence-electron chi connectivity index (χ4n) is 2.45. The quantitative estimate of drug-likeness (QED) is 0.396. The Morgan fingerprint density at radius 3 is 2.60 bits per heavy atom. The van der Waals surface area contributed by atoms with Crippen LogP contribution in [0.4, 0.5) is 17.1 Å². The van der Waals surface area contributed by atoms with Crippen LogP contribution in [0, 0.1) is 10.1 Å². The Kier molecular flexibility index (Phi) is 4.72. The Morgan fingerprint density at radius 2 is 2.05 bits per heavy atom. The van der Waals surface area contributed by atoms with E-state index in [1.165, 1.54) is 0 Å². The fourth-order valence-corrected chi connectivity index (χ4v) is 2.45. The molecule has 1 heterocycles. The molecule has 0 atom stereocenters. The first-order valence-corrected chi connectivity index (χ1v) is 6.49. The lowest BCUT2D eigenvalue weighted by Crippen LogP contribution is -2.47. The maximum absolute atomic E-state index is 11.3. The van der Waals surface area contributed by atoms with E-state index in [4.69, 9.17) is 10.9 Å². The SMILES string of the molecule is NNc1cccc(N2CCN(CCO)CC2)c1[N+](=O)[O-]. The van der Waals surface area contributed by atoms with Gasteiger partial charge in [-0.2, -0.15) is 0 Å². The average molecular weight is 281 g/mol. The lowest BCUT2D eigenvalue weighted by molar-refractivity contribution is -0.383. The molecule has 0 bridgehead atoms. The predicted octanol–water partition coefficient (Wildman–Crippen LogP) is -0.00530. The normalized spacial score (nSPS) is 16.2. The van der Waals surface area contributed by atoms with Gasteiger partial charge in [-0.1, -0.05) is 6.07 Å². The van der Waals surface area contributed by atoms with Gasteiger partial charge in [0.2, 0.25) is 0 Å². The first kappa shape index (κ1) is 14.5. The largest absolute Gasteiger partial charge is 0.395 e. The van der Waals surface area contributed by atoms with Gasteiger partial charge in [-0.05, 0) is 12.1 Å². The molecule has 8 heteroatoms. The highest BCUT2D eigenvalue weighted by Gasteiger charge is 2.26. The van der Waals surface area contributed by atoms with Crippen molar-refractivity contribution in [2.24, 2.45) is 5.84 Å². The number of nitrogens with one attached hydrogen (secondary N) is 1. The number of nitrogens with two attached hydrogens (primary N) is 1. The van der Waals surface area contributed by atoms with Crippen molar-refractivity contribution in [1.29, 1.82) is 0 Å². The first-order valence-electron chi connectivity index (χ1n) is 6.49. The molecule has 0 spiro atoms. The Hall–Kier alpha value is -1.90. The smallest absolute Gasteiger partial charge is 0.316 e. The Morgan fingerprint density at radius 1 is 1.35 bits per heavy atom. The molecular formula is C12H19N5O3. The van der Waals surface area contributed by atoms with E-state index in [0.717, 1.165) is 13.1 Å². The van der Waals surface area contributed by atoms with E-state index >= 15 is 0 Å². The molecule has 2 rings (SSSR count). The molecular weight excluding hydrogens is 262 g/mol. The summed E-state index contributed by atoms with van der Waals surface area (Å²) < 4.78 is 0. The van der Waals surface area contributed by atoms with Gasteiger partial charge >= 0.3 is 5.69 Å². The van der Waals surface area contributed by atoms with Gasteiger partial charge in [0.05, 0.1) is 11.5 Å². The van der Waals surface area contributed by atoms with Gasteiger partial charge < -0.3 is 15.4 Å². The van der Waals surface area contributed by atoms with Crippen LogP contribution < -0.4 is 16.2 Å². The van der Waals surface area contributed by atoms with Crippen LogP contribution in [0.15, 0.2) is 18.2 Å². The molecule has 1 aliphatic rings. The number of aliphatic hydroxyl groups is 1. The summed E-state index contributed by atoms with van der Waals surface area (Å²) in [6.45, 7) is 3.70. The van der Waals surface area contributed by atoms with Crippen molar-refractivity contribution < 1.29 is 10.0 Å². The molecule has 0 aromatic heterocycles. The molecule has 0 amide bonds. The van der Waals surface area contributed by atoms with Crippen molar-refractivity contribution in [3.05, 3.63) is 28.3 Å². The summed E-state index contributed by atoms with van der Waals surface area (Å²) in [6.07, 6.45) is 0. The van der Waals surface area contributed by atoms with E-state index in [2.05, 4.69) is 10.3 Å². The summed E-state index contributed by atoms with van der Waals surface area (Å²) in [5.41, 5.74) is 3.27. The zero-order valence-corrected chi connectivity index (χ0v) is 11.2. The van der Waals surface area contributed by atoms with E-state index in [-0.39, 0.29) is 12.3 Å². The number of nitro benzene ring substituents is 1. The highest BCUT2D eigenvalue weighted by molar-refractivity contribution is 5.76. The van der Waals surface area contributed by atoms with Crippen LogP contribution in [0.25, 0.3) is 0 Å². The van der Waals surface area contributed by atoms with Gasteiger partial charge in [0.25, 0.3) is 0 Å². The Labute approximate surface area is 116 Å². The molecule has 20 heavy (non-hydrogen) atoms. The van der Waals surface area contributed by atoms with Gasteiger partial charge in [0.1, 0.15) is 11.4 Å². The average Bonchev–Trinajstić information content (AvgIpc) is 2.47. The lowest BCUT2D eigenvalue weighted by Gasteiger charge is -2.35. The number of nitrogen functional groups attached to an aromatic ring is 1. The number of anilines is 2. The molecule has 0 unspecified atom stereocenters. The number of piperazine rings is 1. The zero-order chi connectivity index (χ0) is 14.5. The molecule has 1 aromatic carbocycles. The van der Waals surface area contributed by atoms with Crippen molar-refractivity contribution in [2.45, 2.75) is 0 Å². The summed E-state index contributed by atoms with van der Waals surface area (Å²) in [7, 11) is 0. The second-order valence-electron chi connectivity index (χ2n) is 4.63. The third-order valence-corrected chi connectivity index (χ3v) is 3.48. The number of nitro groups is 1. The molecule has 0 radical (unpaired) electrons. The lowest BCUT2D eigenvalue weighted by atomic mass is 10.2. The van der Waals surface area contributed by atoms with Crippen LogP contribution in [0.5, 0.6) is 0 Å². The molecule has 8 nitrogen and oxygen atoms in total. The minimum absolute atomic E-state index is 0.00519. The zero-order valence-electron chi connectivity index (χ0n) is 11.2. The molecule has 1 saturated heterocycles. The highest BCUT2D eigenvalue weighted by atomic mass is 16.6. The predicted molar refractivity (Wildman–Crippen MR) is 76.6 cm³/mol. The number of β-amino-alcohol motifs (C(OH)–C–C–N with tert-alkyl or cyclic N) is 1. The van der Waals surface area contributed by atoms with E-state index in [1.807, 2.05) is 4.90 Å². The monoisotopic (exact) mass is 281 g/mol. The fraction of sp³-hybridized carbons (Fsp3) is 0.500. The number of hydrazine groups is 1. The third kappa shape index (κ3) is 2.98.